The molecule has 0 saturated carbocycles. The van der Waals surface area contributed by atoms with Gasteiger partial charge in [-0.2, -0.15) is 0 Å². The van der Waals surface area contributed by atoms with Gasteiger partial charge in [-0.05, 0) is 65.3 Å². The lowest BCUT2D eigenvalue weighted by atomic mass is 9.98. The highest BCUT2D eigenvalue weighted by molar-refractivity contribution is 6.07. The summed E-state index contributed by atoms with van der Waals surface area (Å²) in [6, 6.07) is 39.4. The van der Waals surface area contributed by atoms with Crippen molar-refractivity contribution in [3.8, 4) is 33.4 Å². The van der Waals surface area contributed by atoms with Crippen LogP contribution in [0.4, 0.5) is 5.69 Å². The average molecular weight is 554 g/mol. The number of hydrogen-bond acceptors (Lipinski definition) is 3. The predicted molar refractivity (Wildman–Crippen MR) is 180 cm³/mol. The normalized spacial score (nSPS) is 12.1. The lowest BCUT2D eigenvalue weighted by molar-refractivity contribution is 1.31. The molecule has 6 aromatic rings. The quantitative estimate of drug-likeness (QED) is 0.204. The van der Waals surface area contributed by atoms with E-state index >= 15 is 0 Å². The van der Waals surface area contributed by atoms with Crippen LogP contribution in [-0.2, 0) is 0 Å². The third-order valence-electron chi connectivity index (χ3n) is 7.92. The van der Waals surface area contributed by atoms with E-state index < -0.39 is 0 Å². The Kier molecular flexibility index (Phi) is 5.86. The molecule has 0 amide bonds. The van der Waals surface area contributed by atoms with Gasteiger partial charge in [-0.25, -0.2) is 9.97 Å². The Labute approximate surface area is 248 Å². The fraction of sp³-hybridized carbons (Fsp3) is 0. The zero-order valence-electron chi connectivity index (χ0n) is 23.3. The monoisotopic (exact) mass is 553 g/mol. The summed E-state index contributed by atoms with van der Waals surface area (Å²) in [6.45, 7) is 0. The number of H-pyrrole nitrogens is 2. The summed E-state index contributed by atoms with van der Waals surface area (Å²) in [6.07, 6.45) is 8.25. The van der Waals surface area contributed by atoms with Crippen molar-refractivity contribution in [2.75, 3.05) is 5.73 Å². The number of anilines is 1. The second kappa shape index (κ2) is 10.2. The number of hydrogen-bond donors (Lipinski definition) is 3. The second-order valence-corrected chi connectivity index (χ2v) is 10.7. The number of nitrogens with one attached hydrogen (secondary N) is 2. The molecule has 2 aliphatic rings. The maximum atomic E-state index is 6.97. The van der Waals surface area contributed by atoms with Crippen molar-refractivity contribution in [1.82, 2.24) is 19.9 Å². The highest BCUT2D eigenvalue weighted by atomic mass is 14.8. The number of nitrogens with zero attached hydrogens (tertiary/aromatic N) is 2. The molecule has 3 aromatic heterocycles. The van der Waals surface area contributed by atoms with E-state index in [1.807, 2.05) is 48.6 Å². The molecular weight excluding hydrogens is 526 g/mol. The molecule has 0 atom stereocenters. The molecule has 204 valence electrons. The van der Waals surface area contributed by atoms with Gasteiger partial charge in [-0.3, -0.25) is 0 Å². The number of aromatic nitrogens is 4. The Morgan fingerprint density at radius 3 is 1.67 bits per heavy atom. The minimum absolute atomic E-state index is 0.671. The summed E-state index contributed by atoms with van der Waals surface area (Å²) in [7, 11) is 0. The maximum Gasteiger partial charge on any atom is 0.0737 e. The topological polar surface area (TPSA) is 83.4 Å². The van der Waals surface area contributed by atoms with Crippen molar-refractivity contribution in [3.05, 3.63) is 138 Å². The summed E-state index contributed by atoms with van der Waals surface area (Å²) in [5.74, 6) is 0. The van der Waals surface area contributed by atoms with E-state index in [1.165, 1.54) is 0 Å². The molecule has 0 saturated heterocycles. The number of rotatable bonds is 3. The van der Waals surface area contributed by atoms with Crippen LogP contribution < -0.4 is 5.73 Å². The fourth-order valence-electron chi connectivity index (χ4n) is 5.96. The highest BCUT2D eigenvalue weighted by Gasteiger charge is 2.19. The summed E-state index contributed by atoms with van der Waals surface area (Å²) in [5.41, 5.74) is 20.9. The third-order valence-corrected chi connectivity index (χ3v) is 7.92. The van der Waals surface area contributed by atoms with Crippen molar-refractivity contribution >= 4 is 52.1 Å². The van der Waals surface area contributed by atoms with Crippen LogP contribution in [0.5, 0.6) is 0 Å². The van der Waals surface area contributed by atoms with Gasteiger partial charge in [0.05, 0.1) is 39.5 Å². The van der Waals surface area contributed by atoms with Gasteiger partial charge in [0.25, 0.3) is 0 Å². The van der Waals surface area contributed by atoms with E-state index in [0.29, 0.717) is 5.69 Å². The molecule has 8 rings (SSSR count). The molecule has 0 radical (unpaired) electrons. The van der Waals surface area contributed by atoms with Gasteiger partial charge in [-0.1, -0.05) is 91.0 Å². The van der Waals surface area contributed by atoms with Crippen LogP contribution in [0.15, 0.2) is 115 Å². The fourth-order valence-corrected chi connectivity index (χ4v) is 5.96. The molecule has 8 bridgehead atoms. The van der Waals surface area contributed by atoms with Crippen molar-refractivity contribution < 1.29 is 0 Å². The molecule has 43 heavy (non-hydrogen) atoms. The predicted octanol–water partition coefficient (Wildman–Crippen LogP) is 9.24. The zero-order chi connectivity index (χ0) is 28.8. The van der Waals surface area contributed by atoms with Crippen LogP contribution in [0, 0.1) is 0 Å². The third kappa shape index (κ3) is 4.44. The Morgan fingerprint density at radius 1 is 0.465 bits per heavy atom. The molecule has 4 N–H and O–H groups in total. The van der Waals surface area contributed by atoms with Gasteiger partial charge in [0.15, 0.2) is 0 Å². The van der Waals surface area contributed by atoms with Crippen LogP contribution in [-0.4, -0.2) is 19.9 Å². The number of nitrogen functional groups attached to an aromatic ring is 1. The molecule has 5 heteroatoms. The van der Waals surface area contributed by atoms with Crippen LogP contribution in [0.3, 0.4) is 0 Å². The van der Waals surface area contributed by atoms with Gasteiger partial charge >= 0.3 is 0 Å². The lowest BCUT2D eigenvalue weighted by Gasteiger charge is -2.08. The maximum absolute atomic E-state index is 6.97. The Morgan fingerprint density at radius 2 is 1.02 bits per heavy atom. The van der Waals surface area contributed by atoms with E-state index in [9.17, 15) is 0 Å². The molecule has 0 spiro atoms. The molecule has 2 aliphatic heterocycles. The van der Waals surface area contributed by atoms with E-state index in [2.05, 4.69) is 101 Å². The smallest absolute Gasteiger partial charge is 0.0737 e. The van der Waals surface area contributed by atoms with Crippen LogP contribution in [0.2, 0.25) is 0 Å². The highest BCUT2D eigenvalue weighted by Crippen LogP contribution is 2.41. The minimum atomic E-state index is 0.671. The number of fused-ring (bicyclic) bond motifs is 8. The molecular formula is C38H27N5. The van der Waals surface area contributed by atoms with Crippen molar-refractivity contribution in [1.29, 1.82) is 0 Å². The zero-order valence-corrected chi connectivity index (χ0v) is 23.3. The Balaban J connectivity index is 1.59. The Hall–Kier alpha value is -5.94. The largest absolute Gasteiger partial charge is 0.396 e. The molecule has 5 nitrogen and oxygen atoms in total. The first-order chi connectivity index (χ1) is 21.2. The summed E-state index contributed by atoms with van der Waals surface area (Å²) in [5, 5.41) is 0. The van der Waals surface area contributed by atoms with E-state index in [1.54, 1.807) is 0 Å². The first kappa shape index (κ1) is 24.8. The van der Waals surface area contributed by atoms with Gasteiger partial charge < -0.3 is 15.7 Å². The average Bonchev–Trinajstić information content (AvgIpc) is 3.85. The first-order valence-corrected chi connectivity index (χ1v) is 14.3. The minimum Gasteiger partial charge on any atom is -0.396 e. The number of nitrogens with two attached hydrogens (primary N) is 1. The van der Waals surface area contributed by atoms with Crippen LogP contribution in [0.1, 0.15) is 22.8 Å². The standard InChI is InChI=1S/C38H27N5/c39-37-33-23-29-17-16-27(40-29)22-28-18-19-30(41-28)34(24-10-4-1-5-11-24)31-20-21-32(42-31)35(25-12-6-2-7-13-25)38(43-33)36(37)26-14-8-3-9-15-26/h1-23,41,43H,39H2. The van der Waals surface area contributed by atoms with Gasteiger partial charge in [0.2, 0.25) is 0 Å². The molecule has 0 aliphatic carbocycles. The van der Waals surface area contributed by atoms with E-state index in [0.717, 1.165) is 78.2 Å². The van der Waals surface area contributed by atoms with Crippen molar-refractivity contribution in [2.45, 2.75) is 0 Å². The van der Waals surface area contributed by atoms with Gasteiger partial charge in [0.1, 0.15) is 0 Å². The lowest BCUT2D eigenvalue weighted by Crippen LogP contribution is -1.90. The van der Waals surface area contributed by atoms with Gasteiger partial charge in [-0.15, -0.1) is 0 Å². The van der Waals surface area contributed by atoms with Crippen molar-refractivity contribution in [2.24, 2.45) is 0 Å². The van der Waals surface area contributed by atoms with Gasteiger partial charge in [0, 0.05) is 27.7 Å². The van der Waals surface area contributed by atoms with Crippen LogP contribution >= 0.6 is 0 Å². The first-order valence-electron chi connectivity index (χ1n) is 14.3. The number of benzene rings is 3. The Bertz CT molecular complexity index is 2220. The second-order valence-electron chi connectivity index (χ2n) is 10.7. The van der Waals surface area contributed by atoms with E-state index in [4.69, 9.17) is 15.7 Å². The summed E-state index contributed by atoms with van der Waals surface area (Å²) >= 11 is 0. The molecule has 0 unspecified atom stereocenters. The van der Waals surface area contributed by atoms with Crippen LogP contribution in [0.25, 0.3) is 79.8 Å². The summed E-state index contributed by atoms with van der Waals surface area (Å²) in [4.78, 5) is 17.5. The number of aromatic amines is 2. The van der Waals surface area contributed by atoms with Crippen molar-refractivity contribution in [3.63, 3.8) is 0 Å². The van der Waals surface area contributed by atoms with E-state index in [-0.39, 0.29) is 0 Å². The SMILES string of the molecule is Nc1c(-c2ccccc2)c2[nH]c1cc1nc(cc3ccc([nH]3)c(-c3ccccc3)c3nc(c2-c2ccccc2)C=C3)C=C1. The molecule has 0 fully saturated rings. The molecule has 3 aromatic carbocycles. The summed E-state index contributed by atoms with van der Waals surface area (Å²) < 4.78 is 0. The molecule has 5 heterocycles.